The summed E-state index contributed by atoms with van der Waals surface area (Å²) in [5.41, 5.74) is 3.58. The predicted molar refractivity (Wildman–Crippen MR) is 90.8 cm³/mol. The number of ether oxygens (including phenoxy) is 1. The quantitative estimate of drug-likeness (QED) is 0.800. The smallest absolute Gasteiger partial charge is 0.225 e. The van der Waals surface area contributed by atoms with Gasteiger partial charge in [0, 0.05) is 18.2 Å². The first kappa shape index (κ1) is 15.1. The van der Waals surface area contributed by atoms with Gasteiger partial charge in [-0.3, -0.25) is 9.20 Å². The van der Waals surface area contributed by atoms with Crippen LogP contribution in [0, 0.1) is 6.92 Å². The number of hydrogen-bond acceptors (Lipinski definition) is 3. The van der Waals surface area contributed by atoms with Crippen LogP contribution in [0.2, 0.25) is 0 Å². The van der Waals surface area contributed by atoms with E-state index in [1.165, 1.54) is 0 Å². The number of pyridine rings is 1. The molecule has 3 rings (SSSR count). The van der Waals surface area contributed by atoms with Crippen LogP contribution in [0.25, 0.3) is 16.9 Å². The number of carbonyl (C=O) groups excluding carboxylic acids is 1. The zero-order valence-electron chi connectivity index (χ0n) is 13.5. The van der Waals surface area contributed by atoms with E-state index in [1.807, 2.05) is 60.8 Å². The maximum atomic E-state index is 11.9. The van der Waals surface area contributed by atoms with Crippen LogP contribution >= 0.6 is 0 Å². The highest BCUT2D eigenvalue weighted by molar-refractivity contribution is 5.94. The molecule has 5 heteroatoms. The van der Waals surface area contributed by atoms with E-state index in [-0.39, 0.29) is 5.91 Å². The van der Waals surface area contributed by atoms with Crippen molar-refractivity contribution in [3.63, 3.8) is 0 Å². The highest BCUT2D eigenvalue weighted by atomic mass is 16.5. The number of benzene rings is 1. The Labute approximate surface area is 134 Å². The van der Waals surface area contributed by atoms with Crippen LogP contribution in [-0.4, -0.2) is 22.4 Å². The lowest BCUT2D eigenvalue weighted by atomic mass is 10.1. The minimum Gasteiger partial charge on any atom is -0.497 e. The van der Waals surface area contributed by atoms with Gasteiger partial charge in [-0.2, -0.15) is 0 Å². The molecule has 0 atom stereocenters. The summed E-state index contributed by atoms with van der Waals surface area (Å²) < 4.78 is 7.12. The number of nitrogens with zero attached hydrogens (tertiary/aromatic N) is 2. The number of aromatic nitrogens is 2. The first-order valence-electron chi connectivity index (χ1n) is 7.55. The number of fused-ring (bicyclic) bond motifs is 1. The average Bonchev–Trinajstić information content (AvgIpc) is 2.92. The van der Waals surface area contributed by atoms with E-state index in [9.17, 15) is 4.79 Å². The molecule has 1 amide bonds. The topological polar surface area (TPSA) is 55.6 Å². The van der Waals surface area contributed by atoms with Crippen molar-refractivity contribution in [3.05, 3.63) is 48.2 Å². The van der Waals surface area contributed by atoms with Gasteiger partial charge in [-0.05, 0) is 42.8 Å². The summed E-state index contributed by atoms with van der Waals surface area (Å²) in [6.07, 6.45) is 2.39. The second-order valence-corrected chi connectivity index (χ2v) is 5.37. The summed E-state index contributed by atoms with van der Waals surface area (Å²) in [6.45, 7) is 3.84. The number of aryl methyl sites for hydroxylation is 1. The molecule has 0 bridgehead atoms. The van der Waals surface area contributed by atoms with Gasteiger partial charge in [0.1, 0.15) is 22.9 Å². The van der Waals surface area contributed by atoms with Crippen molar-refractivity contribution in [2.45, 2.75) is 20.3 Å². The fourth-order valence-electron chi connectivity index (χ4n) is 2.44. The lowest BCUT2D eigenvalue weighted by Gasteiger charge is -2.07. The molecule has 2 aromatic heterocycles. The molecule has 0 aliphatic heterocycles. The Morgan fingerprint density at radius 1 is 1.22 bits per heavy atom. The van der Waals surface area contributed by atoms with Crippen LogP contribution in [0.15, 0.2) is 42.6 Å². The van der Waals surface area contributed by atoms with Gasteiger partial charge in [0.15, 0.2) is 0 Å². The molecule has 1 N–H and O–H groups in total. The molecule has 118 valence electrons. The van der Waals surface area contributed by atoms with Gasteiger partial charge in [0.2, 0.25) is 5.91 Å². The molecule has 0 unspecified atom stereocenters. The van der Waals surface area contributed by atoms with Gasteiger partial charge in [-0.1, -0.05) is 13.0 Å². The van der Waals surface area contributed by atoms with Gasteiger partial charge < -0.3 is 10.1 Å². The van der Waals surface area contributed by atoms with Crippen molar-refractivity contribution in [3.8, 4) is 17.0 Å². The first-order valence-corrected chi connectivity index (χ1v) is 7.55. The molecule has 0 saturated heterocycles. The molecule has 5 nitrogen and oxygen atoms in total. The zero-order valence-corrected chi connectivity index (χ0v) is 13.5. The Balaban J connectivity index is 2.17. The third-order valence-corrected chi connectivity index (χ3v) is 3.71. The zero-order chi connectivity index (χ0) is 16.4. The summed E-state index contributed by atoms with van der Waals surface area (Å²) in [4.78, 5) is 16.6. The summed E-state index contributed by atoms with van der Waals surface area (Å²) >= 11 is 0. The number of anilines is 1. The van der Waals surface area contributed by atoms with Gasteiger partial charge in [-0.15, -0.1) is 0 Å². The van der Waals surface area contributed by atoms with E-state index in [0.29, 0.717) is 12.2 Å². The van der Waals surface area contributed by atoms with Crippen molar-refractivity contribution in [2.75, 3.05) is 12.4 Å². The molecular weight excluding hydrogens is 290 g/mol. The maximum absolute atomic E-state index is 11.9. The molecule has 0 radical (unpaired) electrons. The number of carbonyl (C=O) groups is 1. The first-order chi connectivity index (χ1) is 11.1. The summed E-state index contributed by atoms with van der Waals surface area (Å²) in [5.74, 6) is 1.44. The van der Waals surface area contributed by atoms with Crippen molar-refractivity contribution >= 4 is 17.4 Å². The van der Waals surface area contributed by atoms with E-state index in [2.05, 4.69) is 10.3 Å². The monoisotopic (exact) mass is 309 g/mol. The second kappa shape index (κ2) is 6.12. The van der Waals surface area contributed by atoms with Crippen molar-refractivity contribution in [1.82, 2.24) is 9.38 Å². The van der Waals surface area contributed by atoms with E-state index in [0.717, 1.165) is 28.2 Å². The fourth-order valence-corrected chi connectivity index (χ4v) is 2.44. The van der Waals surface area contributed by atoms with Crippen LogP contribution in [0.3, 0.4) is 0 Å². The molecule has 0 aliphatic rings. The lowest BCUT2D eigenvalue weighted by molar-refractivity contribution is -0.115. The molecule has 0 saturated carbocycles. The Morgan fingerprint density at radius 2 is 1.96 bits per heavy atom. The molecule has 0 spiro atoms. The van der Waals surface area contributed by atoms with Crippen molar-refractivity contribution in [2.24, 2.45) is 0 Å². The number of amides is 1. The lowest BCUT2D eigenvalue weighted by Crippen LogP contribution is -2.12. The standard InChI is InChI=1S/C18H19N3O2/c1-4-16(22)20-18-17(13-6-8-14(23-3)9-7-13)19-15-10-5-12(2)11-21(15)18/h5-11H,4H2,1-3H3,(H,20,22). The fraction of sp³-hybridized carbons (Fsp3) is 0.222. The van der Waals surface area contributed by atoms with E-state index >= 15 is 0 Å². The molecule has 1 aromatic carbocycles. The summed E-state index contributed by atoms with van der Waals surface area (Å²) in [6, 6.07) is 11.6. The maximum Gasteiger partial charge on any atom is 0.225 e. The number of methoxy groups -OCH3 is 1. The summed E-state index contributed by atoms with van der Waals surface area (Å²) in [5, 5.41) is 2.97. The van der Waals surface area contributed by atoms with Crippen LogP contribution in [0.5, 0.6) is 5.75 Å². The van der Waals surface area contributed by atoms with E-state index in [4.69, 9.17) is 4.74 Å². The van der Waals surface area contributed by atoms with Gasteiger partial charge >= 0.3 is 0 Å². The largest absolute Gasteiger partial charge is 0.497 e. The average molecular weight is 309 g/mol. The summed E-state index contributed by atoms with van der Waals surface area (Å²) in [7, 11) is 1.63. The Kier molecular flexibility index (Phi) is 4.02. The van der Waals surface area contributed by atoms with E-state index < -0.39 is 0 Å². The molecule has 0 aliphatic carbocycles. The number of nitrogens with one attached hydrogen (secondary N) is 1. The predicted octanol–water partition coefficient (Wildman–Crippen LogP) is 3.67. The van der Waals surface area contributed by atoms with Gasteiger partial charge in [-0.25, -0.2) is 4.98 Å². The van der Waals surface area contributed by atoms with Crippen molar-refractivity contribution < 1.29 is 9.53 Å². The van der Waals surface area contributed by atoms with Crippen LogP contribution in [-0.2, 0) is 4.79 Å². The highest BCUT2D eigenvalue weighted by Crippen LogP contribution is 2.30. The minimum absolute atomic E-state index is 0.0388. The highest BCUT2D eigenvalue weighted by Gasteiger charge is 2.16. The van der Waals surface area contributed by atoms with Gasteiger partial charge in [0.05, 0.1) is 7.11 Å². The number of rotatable bonds is 4. The van der Waals surface area contributed by atoms with Gasteiger partial charge in [0.25, 0.3) is 0 Å². The number of hydrogen-bond donors (Lipinski definition) is 1. The van der Waals surface area contributed by atoms with Crippen LogP contribution in [0.1, 0.15) is 18.9 Å². The Bertz CT molecular complexity index is 851. The third-order valence-electron chi connectivity index (χ3n) is 3.71. The Hall–Kier alpha value is -2.82. The normalized spacial score (nSPS) is 10.7. The number of imidazole rings is 1. The van der Waals surface area contributed by atoms with E-state index in [1.54, 1.807) is 7.11 Å². The second-order valence-electron chi connectivity index (χ2n) is 5.37. The molecule has 0 fully saturated rings. The molecule has 3 aromatic rings. The molecule has 2 heterocycles. The molecule has 23 heavy (non-hydrogen) atoms. The SMILES string of the molecule is CCC(=O)Nc1c(-c2ccc(OC)cc2)nc2ccc(C)cn12. The molecular formula is C18H19N3O2. The van der Waals surface area contributed by atoms with Crippen LogP contribution < -0.4 is 10.1 Å². The minimum atomic E-state index is -0.0388. The third kappa shape index (κ3) is 2.90. The van der Waals surface area contributed by atoms with Crippen LogP contribution in [0.4, 0.5) is 5.82 Å². The van der Waals surface area contributed by atoms with Crippen molar-refractivity contribution in [1.29, 1.82) is 0 Å². The Morgan fingerprint density at radius 3 is 2.61 bits per heavy atom.